The molecular formula is C16H13ClN2O. The van der Waals surface area contributed by atoms with E-state index in [4.69, 9.17) is 22.1 Å². The number of fused-ring (bicyclic) bond motifs is 1. The fourth-order valence-electron chi connectivity index (χ4n) is 2.04. The van der Waals surface area contributed by atoms with E-state index in [0.717, 1.165) is 16.3 Å². The van der Waals surface area contributed by atoms with Crippen LogP contribution in [0.25, 0.3) is 10.8 Å². The highest BCUT2D eigenvalue weighted by Crippen LogP contribution is 2.30. The number of nitrogen functional groups attached to an aromatic ring is 1. The first-order chi connectivity index (χ1) is 9.74. The SMILES string of the molecule is Nc1c(OCc2ccc(Cl)cc2)ccc2cnccc12. The van der Waals surface area contributed by atoms with Crippen LogP contribution in [-0.2, 0) is 6.61 Å². The average Bonchev–Trinajstić information content (AvgIpc) is 2.49. The zero-order chi connectivity index (χ0) is 13.9. The monoisotopic (exact) mass is 284 g/mol. The smallest absolute Gasteiger partial charge is 0.143 e. The summed E-state index contributed by atoms with van der Waals surface area (Å²) in [6.45, 7) is 0.456. The number of hydrogen-bond donors (Lipinski definition) is 1. The van der Waals surface area contributed by atoms with Gasteiger partial charge in [0.05, 0.1) is 5.69 Å². The Labute approximate surface area is 122 Å². The third-order valence-electron chi connectivity index (χ3n) is 3.13. The van der Waals surface area contributed by atoms with Crippen molar-refractivity contribution in [2.75, 3.05) is 5.73 Å². The minimum atomic E-state index is 0.456. The third-order valence-corrected chi connectivity index (χ3v) is 3.38. The number of nitrogens with zero attached hydrogens (tertiary/aromatic N) is 1. The van der Waals surface area contributed by atoms with Gasteiger partial charge in [0.1, 0.15) is 12.4 Å². The summed E-state index contributed by atoms with van der Waals surface area (Å²) >= 11 is 5.85. The number of hydrogen-bond acceptors (Lipinski definition) is 3. The molecule has 0 saturated heterocycles. The van der Waals surface area contributed by atoms with E-state index < -0.39 is 0 Å². The van der Waals surface area contributed by atoms with Crippen molar-refractivity contribution in [3.8, 4) is 5.75 Å². The number of nitrogens with two attached hydrogens (primary N) is 1. The maximum absolute atomic E-state index is 6.13. The number of aromatic nitrogens is 1. The summed E-state index contributed by atoms with van der Waals surface area (Å²) in [6, 6.07) is 13.3. The quantitative estimate of drug-likeness (QED) is 0.738. The molecule has 100 valence electrons. The Morgan fingerprint density at radius 1 is 1.05 bits per heavy atom. The van der Waals surface area contributed by atoms with E-state index in [1.807, 2.05) is 42.5 Å². The molecule has 0 fully saturated rings. The van der Waals surface area contributed by atoms with Gasteiger partial charge in [-0.25, -0.2) is 0 Å². The van der Waals surface area contributed by atoms with E-state index in [1.54, 1.807) is 12.4 Å². The molecule has 2 N–H and O–H groups in total. The van der Waals surface area contributed by atoms with Gasteiger partial charge in [-0.05, 0) is 35.9 Å². The van der Waals surface area contributed by atoms with Gasteiger partial charge in [-0.2, -0.15) is 0 Å². The minimum absolute atomic E-state index is 0.456. The van der Waals surface area contributed by atoms with E-state index in [2.05, 4.69) is 4.98 Å². The summed E-state index contributed by atoms with van der Waals surface area (Å²) in [4.78, 5) is 4.08. The van der Waals surface area contributed by atoms with Gasteiger partial charge in [-0.3, -0.25) is 4.98 Å². The van der Waals surface area contributed by atoms with Crippen LogP contribution in [0.4, 0.5) is 5.69 Å². The van der Waals surface area contributed by atoms with Gasteiger partial charge >= 0.3 is 0 Å². The van der Waals surface area contributed by atoms with Crippen molar-refractivity contribution in [3.05, 3.63) is 65.4 Å². The minimum Gasteiger partial charge on any atom is -0.487 e. The van der Waals surface area contributed by atoms with E-state index in [-0.39, 0.29) is 0 Å². The van der Waals surface area contributed by atoms with E-state index in [1.165, 1.54) is 0 Å². The predicted molar refractivity (Wildman–Crippen MR) is 81.9 cm³/mol. The Morgan fingerprint density at radius 2 is 1.85 bits per heavy atom. The number of anilines is 1. The lowest BCUT2D eigenvalue weighted by Gasteiger charge is -2.11. The Hall–Kier alpha value is -2.26. The van der Waals surface area contributed by atoms with Gasteiger partial charge in [0.2, 0.25) is 0 Å². The maximum atomic E-state index is 6.13. The Morgan fingerprint density at radius 3 is 2.65 bits per heavy atom. The largest absolute Gasteiger partial charge is 0.487 e. The first-order valence-electron chi connectivity index (χ1n) is 6.23. The van der Waals surface area contributed by atoms with Crippen LogP contribution in [-0.4, -0.2) is 4.98 Å². The second kappa shape index (κ2) is 5.39. The molecule has 20 heavy (non-hydrogen) atoms. The summed E-state index contributed by atoms with van der Waals surface area (Å²) in [5, 5.41) is 2.67. The fraction of sp³-hybridized carbons (Fsp3) is 0.0625. The van der Waals surface area contributed by atoms with Crippen LogP contribution >= 0.6 is 11.6 Å². The molecule has 0 aliphatic heterocycles. The second-order valence-corrected chi connectivity index (χ2v) is 4.93. The topological polar surface area (TPSA) is 48.1 Å². The molecule has 0 unspecified atom stereocenters. The number of ether oxygens (including phenoxy) is 1. The molecule has 0 aliphatic carbocycles. The van der Waals surface area contributed by atoms with Crippen molar-refractivity contribution in [3.63, 3.8) is 0 Å². The van der Waals surface area contributed by atoms with Crippen molar-refractivity contribution in [2.24, 2.45) is 0 Å². The molecule has 1 aromatic heterocycles. The third kappa shape index (κ3) is 2.53. The predicted octanol–water partition coefficient (Wildman–Crippen LogP) is 4.05. The molecule has 0 saturated carbocycles. The standard InChI is InChI=1S/C16H13ClN2O/c17-13-4-1-11(2-5-13)10-20-15-6-3-12-9-19-8-7-14(12)16(15)18/h1-9H,10,18H2. The molecule has 3 aromatic rings. The summed E-state index contributed by atoms with van der Waals surface area (Å²) in [7, 11) is 0. The van der Waals surface area contributed by atoms with Crippen molar-refractivity contribution in [1.29, 1.82) is 0 Å². The van der Waals surface area contributed by atoms with E-state index in [0.29, 0.717) is 23.1 Å². The van der Waals surface area contributed by atoms with E-state index in [9.17, 15) is 0 Å². The Kier molecular flexibility index (Phi) is 3.44. The molecule has 0 amide bonds. The molecule has 3 nitrogen and oxygen atoms in total. The second-order valence-electron chi connectivity index (χ2n) is 4.49. The summed E-state index contributed by atoms with van der Waals surface area (Å²) in [6.07, 6.45) is 3.51. The van der Waals surface area contributed by atoms with Crippen molar-refractivity contribution < 1.29 is 4.74 Å². The molecule has 0 atom stereocenters. The van der Waals surface area contributed by atoms with Gasteiger partial charge in [-0.1, -0.05) is 23.7 Å². The van der Waals surface area contributed by atoms with Crippen LogP contribution < -0.4 is 10.5 Å². The molecule has 4 heteroatoms. The lowest BCUT2D eigenvalue weighted by Crippen LogP contribution is -1.99. The fourth-order valence-corrected chi connectivity index (χ4v) is 2.17. The highest BCUT2D eigenvalue weighted by molar-refractivity contribution is 6.30. The molecular weight excluding hydrogens is 272 g/mol. The number of halogens is 1. The van der Waals surface area contributed by atoms with Gasteiger partial charge in [0, 0.05) is 28.2 Å². The highest BCUT2D eigenvalue weighted by Gasteiger charge is 2.05. The zero-order valence-corrected chi connectivity index (χ0v) is 11.5. The van der Waals surface area contributed by atoms with Crippen LogP contribution in [0.5, 0.6) is 5.75 Å². The molecule has 0 bridgehead atoms. The maximum Gasteiger partial charge on any atom is 0.143 e. The summed E-state index contributed by atoms with van der Waals surface area (Å²) in [5.74, 6) is 0.679. The van der Waals surface area contributed by atoms with E-state index >= 15 is 0 Å². The van der Waals surface area contributed by atoms with Gasteiger partial charge < -0.3 is 10.5 Å². The first-order valence-corrected chi connectivity index (χ1v) is 6.61. The molecule has 0 spiro atoms. The molecule has 0 aliphatic rings. The highest BCUT2D eigenvalue weighted by atomic mass is 35.5. The summed E-state index contributed by atoms with van der Waals surface area (Å²) < 4.78 is 5.78. The van der Waals surface area contributed by atoms with Crippen LogP contribution in [0, 0.1) is 0 Å². The zero-order valence-electron chi connectivity index (χ0n) is 10.7. The molecule has 3 rings (SSSR count). The molecule has 0 radical (unpaired) electrons. The van der Waals surface area contributed by atoms with Crippen LogP contribution in [0.3, 0.4) is 0 Å². The molecule has 1 heterocycles. The Balaban J connectivity index is 1.84. The number of benzene rings is 2. The van der Waals surface area contributed by atoms with Gasteiger partial charge in [0.25, 0.3) is 0 Å². The lowest BCUT2D eigenvalue weighted by atomic mass is 10.1. The van der Waals surface area contributed by atoms with Crippen molar-refractivity contribution in [1.82, 2.24) is 4.98 Å². The average molecular weight is 285 g/mol. The van der Waals surface area contributed by atoms with Crippen LogP contribution in [0.2, 0.25) is 5.02 Å². The lowest BCUT2D eigenvalue weighted by molar-refractivity contribution is 0.308. The van der Waals surface area contributed by atoms with Crippen molar-refractivity contribution in [2.45, 2.75) is 6.61 Å². The van der Waals surface area contributed by atoms with Crippen LogP contribution in [0.15, 0.2) is 54.9 Å². The first kappa shape index (κ1) is 12.8. The normalized spacial score (nSPS) is 10.7. The van der Waals surface area contributed by atoms with Gasteiger partial charge in [0.15, 0.2) is 0 Å². The number of pyridine rings is 1. The summed E-state index contributed by atoms with van der Waals surface area (Å²) in [5.41, 5.74) is 7.82. The Bertz CT molecular complexity index is 741. The van der Waals surface area contributed by atoms with Crippen molar-refractivity contribution >= 4 is 28.1 Å². The van der Waals surface area contributed by atoms with Crippen LogP contribution in [0.1, 0.15) is 5.56 Å². The molecule has 2 aromatic carbocycles. The van der Waals surface area contributed by atoms with Gasteiger partial charge in [-0.15, -0.1) is 0 Å². The number of rotatable bonds is 3.